The van der Waals surface area contributed by atoms with Crippen molar-refractivity contribution in [2.45, 2.75) is 31.6 Å². The summed E-state index contributed by atoms with van der Waals surface area (Å²) in [6, 6.07) is 16.6. The molecule has 0 aromatic heterocycles. The third-order valence-electron chi connectivity index (χ3n) is 3.92. The Morgan fingerprint density at radius 1 is 0.958 bits per heavy atom. The lowest BCUT2D eigenvalue weighted by Gasteiger charge is -2.15. The molecule has 0 spiro atoms. The van der Waals surface area contributed by atoms with Gasteiger partial charge in [-0.05, 0) is 36.6 Å². The van der Waals surface area contributed by atoms with Crippen LogP contribution in [0.15, 0.2) is 54.6 Å². The normalized spacial score (nSPS) is 11.7. The summed E-state index contributed by atoms with van der Waals surface area (Å²) in [6.07, 6.45) is 2.41. The van der Waals surface area contributed by atoms with Crippen molar-refractivity contribution in [2.24, 2.45) is 5.73 Å². The van der Waals surface area contributed by atoms with Crippen LogP contribution in [0.25, 0.3) is 0 Å². The number of primary amides is 1. The number of nitrogens with one attached hydrogen (secondary N) is 1. The van der Waals surface area contributed by atoms with E-state index in [9.17, 15) is 9.59 Å². The van der Waals surface area contributed by atoms with Gasteiger partial charge >= 0.3 is 0 Å². The molecule has 0 heterocycles. The smallest absolute Gasteiger partial charge is 0.225 e. The van der Waals surface area contributed by atoms with Crippen LogP contribution in [0.5, 0.6) is 0 Å². The van der Waals surface area contributed by atoms with Crippen molar-refractivity contribution in [1.29, 1.82) is 0 Å². The zero-order valence-electron chi connectivity index (χ0n) is 13.6. The topological polar surface area (TPSA) is 98.2 Å². The SMILES string of the molecule is NC(=O)C(CCCCC(=O)Nc1ccccc1)c1ccccc1N. The molecular formula is C19H23N3O2. The second-order valence-corrected chi connectivity index (χ2v) is 5.74. The lowest BCUT2D eigenvalue weighted by molar-refractivity contribution is -0.119. The second-order valence-electron chi connectivity index (χ2n) is 5.74. The quantitative estimate of drug-likeness (QED) is 0.514. The van der Waals surface area contributed by atoms with Crippen molar-refractivity contribution < 1.29 is 9.59 Å². The molecular weight excluding hydrogens is 302 g/mol. The molecule has 1 unspecified atom stereocenters. The van der Waals surface area contributed by atoms with Crippen LogP contribution in [0.4, 0.5) is 11.4 Å². The molecule has 0 bridgehead atoms. The summed E-state index contributed by atoms with van der Waals surface area (Å²) in [4.78, 5) is 23.6. The molecule has 0 fully saturated rings. The van der Waals surface area contributed by atoms with E-state index < -0.39 is 5.92 Å². The number of carbonyl (C=O) groups excluding carboxylic acids is 2. The number of unbranched alkanes of at least 4 members (excludes halogenated alkanes) is 1. The highest BCUT2D eigenvalue weighted by Crippen LogP contribution is 2.27. The summed E-state index contributed by atoms with van der Waals surface area (Å²) >= 11 is 0. The average molecular weight is 325 g/mol. The molecule has 2 aromatic carbocycles. The Morgan fingerprint density at radius 2 is 1.62 bits per heavy atom. The third kappa shape index (κ3) is 5.12. The monoisotopic (exact) mass is 325 g/mol. The first-order valence-corrected chi connectivity index (χ1v) is 8.06. The number of nitrogens with two attached hydrogens (primary N) is 2. The molecule has 2 amide bonds. The van der Waals surface area contributed by atoms with Crippen LogP contribution in [-0.2, 0) is 9.59 Å². The Hall–Kier alpha value is -2.82. The van der Waals surface area contributed by atoms with Crippen molar-refractivity contribution in [2.75, 3.05) is 11.1 Å². The largest absolute Gasteiger partial charge is 0.398 e. The first kappa shape index (κ1) is 17.5. The molecule has 2 aromatic rings. The molecule has 0 aliphatic rings. The van der Waals surface area contributed by atoms with Crippen LogP contribution in [0.3, 0.4) is 0 Å². The number of para-hydroxylation sites is 2. The molecule has 0 saturated heterocycles. The molecule has 5 N–H and O–H groups in total. The van der Waals surface area contributed by atoms with Crippen molar-refractivity contribution in [3.05, 3.63) is 60.2 Å². The fraction of sp³-hybridized carbons (Fsp3) is 0.263. The average Bonchev–Trinajstić information content (AvgIpc) is 2.56. The van der Waals surface area contributed by atoms with Crippen LogP contribution in [0.2, 0.25) is 0 Å². The van der Waals surface area contributed by atoms with Gasteiger partial charge in [0, 0.05) is 17.8 Å². The molecule has 0 radical (unpaired) electrons. The Balaban J connectivity index is 1.80. The fourth-order valence-electron chi connectivity index (χ4n) is 2.66. The van der Waals surface area contributed by atoms with Gasteiger partial charge in [0.1, 0.15) is 0 Å². The highest BCUT2D eigenvalue weighted by Gasteiger charge is 2.19. The van der Waals surface area contributed by atoms with Crippen LogP contribution in [0, 0.1) is 0 Å². The summed E-state index contributed by atoms with van der Waals surface area (Å²) in [5.74, 6) is -0.832. The number of anilines is 2. The molecule has 126 valence electrons. The molecule has 0 saturated carbocycles. The van der Waals surface area contributed by atoms with Gasteiger partial charge in [-0.25, -0.2) is 0 Å². The highest BCUT2D eigenvalue weighted by atomic mass is 16.2. The number of hydrogen-bond donors (Lipinski definition) is 3. The summed E-state index contributed by atoms with van der Waals surface area (Å²) in [5, 5.41) is 2.84. The van der Waals surface area contributed by atoms with E-state index in [2.05, 4.69) is 5.32 Å². The molecule has 1 atom stereocenters. The number of benzene rings is 2. The van der Waals surface area contributed by atoms with E-state index in [1.54, 1.807) is 6.07 Å². The number of nitrogen functional groups attached to an aromatic ring is 1. The Morgan fingerprint density at radius 3 is 2.29 bits per heavy atom. The van der Waals surface area contributed by atoms with Gasteiger partial charge in [-0.3, -0.25) is 9.59 Å². The van der Waals surface area contributed by atoms with Crippen LogP contribution in [-0.4, -0.2) is 11.8 Å². The van der Waals surface area contributed by atoms with E-state index in [-0.39, 0.29) is 11.8 Å². The van der Waals surface area contributed by atoms with E-state index in [0.717, 1.165) is 17.7 Å². The molecule has 5 heteroatoms. The van der Waals surface area contributed by atoms with Gasteiger partial charge in [-0.1, -0.05) is 42.8 Å². The minimum absolute atomic E-state index is 0.0314. The minimum atomic E-state index is -0.414. The van der Waals surface area contributed by atoms with E-state index >= 15 is 0 Å². The number of carbonyl (C=O) groups is 2. The van der Waals surface area contributed by atoms with Gasteiger partial charge in [-0.2, -0.15) is 0 Å². The first-order valence-electron chi connectivity index (χ1n) is 8.06. The Bertz CT molecular complexity index is 686. The maximum Gasteiger partial charge on any atom is 0.225 e. The van der Waals surface area contributed by atoms with Gasteiger partial charge in [-0.15, -0.1) is 0 Å². The molecule has 5 nitrogen and oxygen atoms in total. The zero-order chi connectivity index (χ0) is 17.4. The summed E-state index contributed by atoms with van der Waals surface area (Å²) in [7, 11) is 0. The minimum Gasteiger partial charge on any atom is -0.398 e. The van der Waals surface area contributed by atoms with Crippen molar-refractivity contribution in [3.8, 4) is 0 Å². The van der Waals surface area contributed by atoms with Crippen molar-refractivity contribution in [3.63, 3.8) is 0 Å². The maximum atomic E-state index is 11.9. The van der Waals surface area contributed by atoms with E-state index in [1.807, 2.05) is 48.5 Å². The standard InChI is InChI=1S/C19H23N3O2/c20-17-12-6-4-10-15(17)16(19(21)24)11-5-7-13-18(23)22-14-8-2-1-3-9-14/h1-4,6,8-10,12,16H,5,7,11,13,20H2,(H2,21,24)(H,22,23). The van der Waals surface area contributed by atoms with Gasteiger partial charge in [0.2, 0.25) is 11.8 Å². The maximum absolute atomic E-state index is 11.9. The van der Waals surface area contributed by atoms with Gasteiger partial charge in [0.05, 0.1) is 5.92 Å². The second kappa shape index (κ2) is 8.72. The molecule has 2 rings (SSSR count). The Labute approximate surface area is 142 Å². The van der Waals surface area contributed by atoms with Crippen molar-refractivity contribution >= 4 is 23.2 Å². The number of amides is 2. The molecule has 24 heavy (non-hydrogen) atoms. The summed E-state index contributed by atoms with van der Waals surface area (Å²) in [5.41, 5.74) is 13.6. The van der Waals surface area contributed by atoms with Crippen LogP contribution in [0.1, 0.15) is 37.2 Å². The zero-order valence-corrected chi connectivity index (χ0v) is 13.6. The van der Waals surface area contributed by atoms with E-state index in [4.69, 9.17) is 11.5 Å². The third-order valence-corrected chi connectivity index (χ3v) is 3.92. The van der Waals surface area contributed by atoms with Crippen LogP contribution >= 0.6 is 0 Å². The summed E-state index contributed by atoms with van der Waals surface area (Å²) < 4.78 is 0. The molecule has 0 aliphatic heterocycles. The van der Waals surface area contributed by atoms with Crippen LogP contribution < -0.4 is 16.8 Å². The predicted octanol–water partition coefficient (Wildman–Crippen LogP) is 3.04. The lowest BCUT2D eigenvalue weighted by Crippen LogP contribution is -2.22. The van der Waals surface area contributed by atoms with Crippen molar-refractivity contribution in [1.82, 2.24) is 0 Å². The van der Waals surface area contributed by atoms with E-state index in [0.29, 0.717) is 24.9 Å². The number of rotatable bonds is 8. The lowest BCUT2D eigenvalue weighted by atomic mass is 9.91. The van der Waals surface area contributed by atoms with E-state index in [1.165, 1.54) is 0 Å². The van der Waals surface area contributed by atoms with Gasteiger partial charge < -0.3 is 16.8 Å². The van der Waals surface area contributed by atoms with Gasteiger partial charge in [0.25, 0.3) is 0 Å². The predicted molar refractivity (Wildman–Crippen MR) is 96.3 cm³/mol. The fourth-order valence-corrected chi connectivity index (χ4v) is 2.66. The number of hydrogen-bond acceptors (Lipinski definition) is 3. The first-order chi connectivity index (χ1) is 11.6. The highest BCUT2D eigenvalue weighted by molar-refractivity contribution is 5.90. The summed E-state index contributed by atoms with van der Waals surface area (Å²) in [6.45, 7) is 0. The molecule has 0 aliphatic carbocycles. The Kier molecular flexibility index (Phi) is 6.37. The van der Waals surface area contributed by atoms with Gasteiger partial charge in [0.15, 0.2) is 0 Å².